The molecule has 3 nitrogen and oxygen atoms in total. The predicted molar refractivity (Wildman–Crippen MR) is 74.6 cm³/mol. The topological polar surface area (TPSA) is 39.1 Å². The number of carbonyl (C=O) groups excluding carboxylic acids is 1. The van der Waals surface area contributed by atoms with Crippen LogP contribution in [0.25, 0.3) is 0 Å². The lowest BCUT2D eigenvalue weighted by Crippen LogP contribution is -2.17. The zero-order valence-corrected chi connectivity index (χ0v) is 12.2. The Morgan fingerprint density at radius 3 is 2.83 bits per heavy atom. The van der Waals surface area contributed by atoms with Crippen molar-refractivity contribution in [1.82, 2.24) is 4.57 Å². The van der Waals surface area contributed by atoms with Gasteiger partial charge in [0.25, 0.3) is 0 Å². The summed E-state index contributed by atoms with van der Waals surface area (Å²) < 4.78 is 13.6. The second-order valence-electron chi connectivity index (χ2n) is 5.17. The number of nitrogens with zero attached hydrogens (tertiary/aromatic N) is 1. The molecule has 2 rings (SSSR count). The van der Waals surface area contributed by atoms with E-state index < -0.39 is 10.8 Å². The SMILES string of the molecule is Cc1cc2c(n1CCC(C)S(C)=O)CCCC2=O. The van der Waals surface area contributed by atoms with Crippen LogP contribution in [0.2, 0.25) is 0 Å². The van der Waals surface area contributed by atoms with Gasteiger partial charge in [-0.05, 0) is 32.3 Å². The predicted octanol–water partition coefficient (Wildman–Crippen LogP) is 2.47. The Bertz CT molecular complexity index is 490. The molecule has 0 bridgehead atoms. The molecule has 0 amide bonds. The van der Waals surface area contributed by atoms with E-state index in [1.807, 2.05) is 13.0 Å². The van der Waals surface area contributed by atoms with Gasteiger partial charge in [-0.15, -0.1) is 0 Å². The number of aromatic nitrogens is 1. The molecule has 2 atom stereocenters. The van der Waals surface area contributed by atoms with Gasteiger partial charge in [0, 0.05) is 52.2 Å². The first-order valence-corrected chi connectivity index (χ1v) is 8.17. The zero-order valence-electron chi connectivity index (χ0n) is 11.4. The van der Waals surface area contributed by atoms with Gasteiger partial charge >= 0.3 is 0 Å². The summed E-state index contributed by atoms with van der Waals surface area (Å²) in [4.78, 5) is 11.8. The molecule has 1 aromatic heterocycles. The molecule has 1 aromatic rings. The van der Waals surface area contributed by atoms with Crippen LogP contribution in [0.1, 0.15) is 47.9 Å². The quantitative estimate of drug-likeness (QED) is 0.840. The minimum atomic E-state index is -0.767. The Hall–Kier alpha value is -0.900. The van der Waals surface area contributed by atoms with E-state index in [4.69, 9.17) is 0 Å². The van der Waals surface area contributed by atoms with Gasteiger partial charge in [0.05, 0.1) is 0 Å². The fourth-order valence-corrected chi connectivity index (χ4v) is 3.02. The molecule has 4 heteroatoms. The van der Waals surface area contributed by atoms with E-state index in [9.17, 15) is 9.00 Å². The summed E-state index contributed by atoms with van der Waals surface area (Å²) in [5.41, 5.74) is 3.27. The summed E-state index contributed by atoms with van der Waals surface area (Å²) in [6, 6.07) is 2.02. The second-order valence-corrected chi connectivity index (χ2v) is 6.97. The fraction of sp³-hybridized carbons (Fsp3) is 0.643. The average Bonchev–Trinajstić information content (AvgIpc) is 2.64. The highest BCUT2D eigenvalue weighted by atomic mass is 32.2. The van der Waals surface area contributed by atoms with Crippen LogP contribution in [0.4, 0.5) is 0 Å². The van der Waals surface area contributed by atoms with Crippen molar-refractivity contribution in [2.45, 2.75) is 51.3 Å². The number of rotatable bonds is 4. The molecular weight excluding hydrogens is 246 g/mol. The largest absolute Gasteiger partial charge is 0.348 e. The van der Waals surface area contributed by atoms with Crippen LogP contribution in [-0.4, -0.2) is 26.1 Å². The molecule has 0 spiro atoms. The molecule has 0 N–H and O–H groups in total. The minimum Gasteiger partial charge on any atom is -0.348 e. The number of Topliss-reactive ketones (excluding diaryl/α,β-unsaturated/α-hetero) is 1. The Morgan fingerprint density at radius 1 is 1.44 bits per heavy atom. The highest BCUT2D eigenvalue weighted by Crippen LogP contribution is 2.25. The van der Waals surface area contributed by atoms with Crippen LogP contribution in [0.3, 0.4) is 0 Å². The van der Waals surface area contributed by atoms with Crippen LogP contribution < -0.4 is 0 Å². The van der Waals surface area contributed by atoms with Crippen molar-refractivity contribution in [1.29, 1.82) is 0 Å². The molecule has 100 valence electrons. The lowest BCUT2D eigenvalue weighted by atomic mass is 9.96. The minimum absolute atomic E-state index is 0.210. The van der Waals surface area contributed by atoms with Gasteiger partial charge in [0.1, 0.15) is 0 Å². The number of fused-ring (bicyclic) bond motifs is 1. The molecule has 2 unspecified atom stereocenters. The van der Waals surface area contributed by atoms with E-state index >= 15 is 0 Å². The van der Waals surface area contributed by atoms with Crippen molar-refractivity contribution in [3.8, 4) is 0 Å². The van der Waals surface area contributed by atoms with E-state index in [2.05, 4.69) is 11.5 Å². The van der Waals surface area contributed by atoms with Crippen molar-refractivity contribution < 1.29 is 9.00 Å². The van der Waals surface area contributed by atoms with Gasteiger partial charge in [0.2, 0.25) is 0 Å². The van der Waals surface area contributed by atoms with Crippen LogP contribution >= 0.6 is 0 Å². The average molecular weight is 267 g/mol. The van der Waals surface area contributed by atoms with Crippen LogP contribution in [-0.2, 0) is 23.8 Å². The Morgan fingerprint density at radius 2 is 2.17 bits per heavy atom. The number of hydrogen-bond acceptors (Lipinski definition) is 2. The van der Waals surface area contributed by atoms with E-state index in [0.29, 0.717) is 6.42 Å². The fourth-order valence-electron chi connectivity index (χ4n) is 2.58. The molecule has 0 saturated heterocycles. The van der Waals surface area contributed by atoms with Crippen molar-refractivity contribution in [2.75, 3.05) is 6.26 Å². The third-order valence-corrected chi connectivity index (χ3v) is 5.23. The van der Waals surface area contributed by atoms with Crippen molar-refractivity contribution >= 4 is 16.6 Å². The van der Waals surface area contributed by atoms with Gasteiger partial charge in [-0.1, -0.05) is 6.92 Å². The van der Waals surface area contributed by atoms with Crippen LogP contribution in [0.5, 0.6) is 0 Å². The second kappa shape index (κ2) is 5.39. The standard InChI is InChI=1S/C14H21NO2S/c1-10-9-12-13(5-4-6-14(12)16)15(10)8-7-11(2)18(3)17/h9,11H,4-8H2,1-3H3. The van der Waals surface area contributed by atoms with Crippen molar-refractivity contribution in [3.63, 3.8) is 0 Å². The molecule has 18 heavy (non-hydrogen) atoms. The molecule has 0 aromatic carbocycles. The maximum absolute atomic E-state index is 11.8. The smallest absolute Gasteiger partial charge is 0.164 e. The molecule has 0 aliphatic heterocycles. The summed E-state index contributed by atoms with van der Waals surface area (Å²) in [5, 5.41) is 0.210. The summed E-state index contributed by atoms with van der Waals surface area (Å²) in [7, 11) is -0.767. The van der Waals surface area contributed by atoms with E-state index in [1.165, 1.54) is 5.69 Å². The molecular formula is C14H21NO2S. The lowest BCUT2D eigenvalue weighted by molar-refractivity contribution is 0.0971. The van der Waals surface area contributed by atoms with Gasteiger partial charge in [-0.3, -0.25) is 9.00 Å². The Kier molecular flexibility index (Phi) is 4.05. The van der Waals surface area contributed by atoms with E-state index in [1.54, 1.807) is 6.26 Å². The maximum atomic E-state index is 11.8. The summed E-state index contributed by atoms with van der Waals surface area (Å²) in [6.45, 7) is 4.95. The van der Waals surface area contributed by atoms with Gasteiger partial charge in [-0.2, -0.15) is 0 Å². The van der Waals surface area contributed by atoms with E-state index in [0.717, 1.165) is 37.1 Å². The van der Waals surface area contributed by atoms with Gasteiger partial charge in [0.15, 0.2) is 5.78 Å². The molecule has 1 heterocycles. The number of aryl methyl sites for hydroxylation is 1. The first-order chi connectivity index (χ1) is 8.50. The molecule has 0 radical (unpaired) electrons. The Labute approximate surface area is 111 Å². The molecule has 1 aliphatic carbocycles. The van der Waals surface area contributed by atoms with Gasteiger partial charge < -0.3 is 4.57 Å². The first-order valence-electron chi connectivity index (χ1n) is 6.55. The summed E-state index contributed by atoms with van der Waals surface area (Å²) in [5.74, 6) is 0.283. The van der Waals surface area contributed by atoms with Crippen LogP contribution in [0, 0.1) is 6.92 Å². The third kappa shape index (κ3) is 2.58. The van der Waals surface area contributed by atoms with E-state index in [-0.39, 0.29) is 11.0 Å². The zero-order chi connectivity index (χ0) is 13.3. The third-order valence-electron chi connectivity index (χ3n) is 3.86. The highest BCUT2D eigenvalue weighted by Gasteiger charge is 2.22. The number of hydrogen-bond donors (Lipinski definition) is 0. The molecule has 0 saturated carbocycles. The van der Waals surface area contributed by atoms with Crippen molar-refractivity contribution in [2.24, 2.45) is 0 Å². The molecule has 0 fully saturated rings. The lowest BCUT2D eigenvalue weighted by Gasteiger charge is -2.17. The molecule has 1 aliphatic rings. The summed E-state index contributed by atoms with van der Waals surface area (Å²) >= 11 is 0. The number of carbonyl (C=O) groups is 1. The maximum Gasteiger partial charge on any atom is 0.164 e. The Balaban J connectivity index is 2.18. The first kappa shape index (κ1) is 13.5. The number of ketones is 1. The normalized spacial score (nSPS) is 18.5. The van der Waals surface area contributed by atoms with Crippen LogP contribution in [0.15, 0.2) is 6.07 Å². The van der Waals surface area contributed by atoms with Gasteiger partial charge in [-0.25, -0.2) is 0 Å². The monoisotopic (exact) mass is 267 g/mol. The van der Waals surface area contributed by atoms with Crippen molar-refractivity contribution in [3.05, 3.63) is 23.0 Å². The summed E-state index contributed by atoms with van der Waals surface area (Å²) in [6.07, 6.45) is 5.31. The highest BCUT2D eigenvalue weighted by molar-refractivity contribution is 7.84.